The van der Waals surface area contributed by atoms with Gasteiger partial charge < -0.3 is 24.1 Å². The van der Waals surface area contributed by atoms with Crippen LogP contribution < -0.4 is 0 Å². The van der Waals surface area contributed by atoms with Gasteiger partial charge >= 0.3 is 6.09 Å². The molecule has 0 bridgehead atoms. The average Bonchev–Trinajstić information content (AvgIpc) is 3.32. The number of aliphatic hydroxyl groups excluding tert-OH is 1. The van der Waals surface area contributed by atoms with Crippen LogP contribution in [0.25, 0.3) is 0 Å². The van der Waals surface area contributed by atoms with Crippen LogP contribution in [0.2, 0.25) is 0 Å². The summed E-state index contributed by atoms with van der Waals surface area (Å²) in [7, 11) is 0. The standard InChI is InChI=1S/C29H37FN2O6S/c1-19(33)23-25(36-18-21-13-9-6-10-14-21)24(35-17-20-11-7-5-8-12-20)22-26(37-23)39-27(31-22)32(16-15-30)28(34)38-29(2,3)4/h5-14,19,22-26,33H,15-18H2,1-4H3/t19?,22-,23-,24-,25-,26-/m1/s1. The number of nitrogens with zero attached hydrogens (tertiary/aromatic N) is 2. The number of alkyl halides is 1. The van der Waals surface area contributed by atoms with Crippen molar-refractivity contribution in [2.75, 3.05) is 13.2 Å². The number of amides is 1. The Hall–Kier alpha value is -2.50. The fourth-order valence-corrected chi connectivity index (χ4v) is 5.67. The summed E-state index contributed by atoms with van der Waals surface area (Å²) in [6.07, 6.45) is -3.53. The quantitative estimate of drug-likeness (QED) is 0.465. The molecule has 0 radical (unpaired) electrons. The Balaban J connectivity index is 1.63. The van der Waals surface area contributed by atoms with Crippen molar-refractivity contribution in [3.05, 3.63) is 71.8 Å². The number of halogens is 1. The molecule has 2 aliphatic heterocycles. The third-order valence-electron chi connectivity index (χ3n) is 6.23. The van der Waals surface area contributed by atoms with Crippen molar-refractivity contribution < 1.29 is 33.2 Å². The minimum Gasteiger partial charge on any atom is -0.443 e. The molecule has 1 saturated heterocycles. The van der Waals surface area contributed by atoms with E-state index in [2.05, 4.69) is 0 Å². The molecule has 0 spiro atoms. The Bertz CT molecular complexity index is 1100. The highest BCUT2D eigenvalue weighted by atomic mass is 32.2. The summed E-state index contributed by atoms with van der Waals surface area (Å²) < 4.78 is 38.1. The van der Waals surface area contributed by atoms with E-state index in [4.69, 9.17) is 23.9 Å². The van der Waals surface area contributed by atoms with Crippen LogP contribution in [-0.2, 0) is 32.2 Å². The summed E-state index contributed by atoms with van der Waals surface area (Å²) in [5.74, 6) is 0. The van der Waals surface area contributed by atoms with Gasteiger partial charge in [0.15, 0.2) is 5.17 Å². The Kier molecular flexibility index (Phi) is 10.0. The topological polar surface area (TPSA) is 89.8 Å². The predicted molar refractivity (Wildman–Crippen MR) is 148 cm³/mol. The average molecular weight is 561 g/mol. The number of aliphatic hydroxyl groups is 1. The number of hydrogen-bond acceptors (Lipinski definition) is 8. The zero-order valence-corrected chi connectivity index (χ0v) is 23.6. The molecule has 1 unspecified atom stereocenters. The second-order valence-electron chi connectivity index (χ2n) is 10.6. The summed E-state index contributed by atoms with van der Waals surface area (Å²) >= 11 is 1.20. The number of fused-ring (bicyclic) bond motifs is 1. The first-order chi connectivity index (χ1) is 18.7. The van der Waals surface area contributed by atoms with Crippen molar-refractivity contribution in [3.8, 4) is 0 Å². The smallest absolute Gasteiger partial charge is 0.416 e. The molecule has 0 aromatic heterocycles. The molecule has 212 valence electrons. The van der Waals surface area contributed by atoms with Gasteiger partial charge in [-0.1, -0.05) is 72.4 Å². The van der Waals surface area contributed by atoms with Crippen LogP contribution in [0.5, 0.6) is 0 Å². The van der Waals surface area contributed by atoms with Crippen LogP contribution in [0.4, 0.5) is 9.18 Å². The lowest BCUT2D eigenvalue weighted by molar-refractivity contribution is -0.218. The van der Waals surface area contributed by atoms with Crippen LogP contribution in [0.15, 0.2) is 65.7 Å². The monoisotopic (exact) mass is 560 g/mol. The van der Waals surface area contributed by atoms with Crippen molar-refractivity contribution in [1.82, 2.24) is 4.90 Å². The Morgan fingerprint density at radius 2 is 1.62 bits per heavy atom. The van der Waals surface area contributed by atoms with E-state index >= 15 is 0 Å². The Labute approximate surface area is 233 Å². The molecule has 2 aromatic carbocycles. The van der Waals surface area contributed by atoms with Gasteiger partial charge in [-0.05, 0) is 38.8 Å². The summed E-state index contributed by atoms with van der Waals surface area (Å²) in [4.78, 5) is 18.9. The van der Waals surface area contributed by atoms with Gasteiger partial charge in [0.2, 0.25) is 0 Å². The van der Waals surface area contributed by atoms with E-state index in [9.17, 15) is 14.3 Å². The van der Waals surface area contributed by atoms with Crippen LogP contribution in [-0.4, -0.2) is 76.0 Å². The van der Waals surface area contributed by atoms with Crippen molar-refractivity contribution in [3.63, 3.8) is 0 Å². The highest BCUT2D eigenvalue weighted by Gasteiger charge is 2.53. The highest BCUT2D eigenvalue weighted by molar-refractivity contribution is 8.14. The molecule has 2 aliphatic rings. The van der Waals surface area contributed by atoms with Crippen molar-refractivity contribution >= 4 is 23.0 Å². The second kappa shape index (κ2) is 13.2. The van der Waals surface area contributed by atoms with Crippen LogP contribution in [0.3, 0.4) is 0 Å². The van der Waals surface area contributed by atoms with Gasteiger partial charge in [-0.2, -0.15) is 0 Å². The molecule has 8 nitrogen and oxygen atoms in total. The van der Waals surface area contributed by atoms with Crippen molar-refractivity contribution in [1.29, 1.82) is 0 Å². The van der Waals surface area contributed by atoms with E-state index in [-0.39, 0.29) is 13.2 Å². The van der Waals surface area contributed by atoms with Crippen LogP contribution in [0, 0.1) is 0 Å². The first-order valence-corrected chi connectivity index (χ1v) is 14.0. The zero-order chi connectivity index (χ0) is 28.0. The first-order valence-electron chi connectivity index (χ1n) is 13.1. The van der Waals surface area contributed by atoms with E-state index < -0.39 is 54.3 Å². The molecular formula is C29H37FN2O6S. The normalized spacial score (nSPS) is 25.5. The fraction of sp³-hybridized carbons (Fsp3) is 0.517. The Morgan fingerprint density at radius 3 is 2.13 bits per heavy atom. The van der Waals surface area contributed by atoms with Gasteiger partial charge in [0.05, 0.1) is 25.9 Å². The minimum absolute atomic E-state index is 0.205. The number of benzene rings is 2. The number of amidine groups is 1. The van der Waals surface area contributed by atoms with Gasteiger partial charge in [0.1, 0.15) is 42.1 Å². The van der Waals surface area contributed by atoms with Gasteiger partial charge in [0.25, 0.3) is 0 Å². The number of thioether (sulfide) groups is 1. The summed E-state index contributed by atoms with van der Waals surface area (Å²) in [6, 6.07) is 18.9. The fourth-order valence-electron chi connectivity index (χ4n) is 4.45. The number of hydrogen-bond donors (Lipinski definition) is 1. The largest absolute Gasteiger partial charge is 0.443 e. The lowest BCUT2D eigenvalue weighted by Crippen LogP contribution is -2.59. The summed E-state index contributed by atoms with van der Waals surface area (Å²) in [5.41, 5.74) is 0.614. The molecule has 1 fully saturated rings. The number of rotatable bonds is 9. The molecule has 0 saturated carbocycles. The number of ether oxygens (including phenoxy) is 4. The maximum atomic E-state index is 13.5. The molecule has 2 aromatic rings. The molecule has 2 heterocycles. The van der Waals surface area contributed by atoms with Crippen LogP contribution in [0.1, 0.15) is 38.8 Å². The zero-order valence-electron chi connectivity index (χ0n) is 22.7. The maximum absolute atomic E-state index is 13.5. The number of carbonyl (C=O) groups is 1. The second-order valence-corrected chi connectivity index (χ2v) is 11.6. The van der Waals surface area contributed by atoms with Gasteiger partial charge in [-0.15, -0.1) is 0 Å². The van der Waals surface area contributed by atoms with E-state index in [1.807, 2.05) is 60.7 Å². The van der Waals surface area contributed by atoms with Crippen molar-refractivity contribution in [2.45, 2.75) is 82.4 Å². The number of aliphatic imine (C=N–C) groups is 1. The van der Waals surface area contributed by atoms with E-state index in [0.29, 0.717) is 11.8 Å². The third kappa shape index (κ3) is 7.79. The van der Waals surface area contributed by atoms with Gasteiger partial charge in [-0.25, -0.2) is 9.18 Å². The molecular weight excluding hydrogens is 523 g/mol. The molecule has 4 rings (SSSR count). The summed E-state index contributed by atoms with van der Waals surface area (Å²) in [6.45, 7) is 6.51. The molecule has 0 aliphatic carbocycles. The molecule has 10 heteroatoms. The molecule has 6 atom stereocenters. The lowest BCUT2D eigenvalue weighted by atomic mass is 9.94. The van der Waals surface area contributed by atoms with E-state index in [0.717, 1.165) is 11.1 Å². The SMILES string of the molecule is CC(O)[C@H]1O[C@@H]2SC(N(CCF)C(=O)OC(C)(C)C)=N[C@@H]2[C@@H](OCc2ccccc2)[C@@H]1OCc1ccccc1. The van der Waals surface area contributed by atoms with E-state index in [1.165, 1.54) is 16.7 Å². The molecule has 1 N–H and O–H groups in total. The molecule has 39 heavy (non-hydrogen) atoms. The Morgan fingerprint density at radius 1 is 1.05 bits per heavy atom. The third-order valence-corrected chi connectivity index (χ3v) is 7.39. The lowest BCUT2D eigenvalue weighted by Gasteiger charge is -2.43. The van der Waals surface area contributed by atoms with E-state index in [1.54, 1.807) is 27.7 Å². The van der Waals surface area contributed by atoms with Gasteiger partial charge in [0, 0.05) is 0 Å². The summed E-state index contributed by atoms with van der Waals surface area (Å²) in [5, 5.41) is 11.0. The predicted octanol–water partition coefficient (Wildman–Crippen LogP) is 4.94. The molecule has 1 amide bonds. The van der Waals surface area contributed by atoms with Crippen molar-refractivity contribution in [2.24, 2.45) is 4.99 Å². The minimum atomic E-state index is -0.869. The highest BCUT2D eigenvalue weighted by Crippen LogP contribution is 2.41. The van der Waals surface area contributed by atoms with Crippen LogP contribution >= 0.6 is 11.8 Å². The van der Waals surface area contributed by atoms with Gasteiger partial charge in [-0.3, -0.25) is 9.89 Å². The number of carbonyl (C=O) groups excluding carboxylic acids is 1. The maximum Gasteiger partial charge on any atom is 0.416 e. The first kappa shape index (κ1) is 29.5.